The minimum absolute atomic E-state index is 0.131. The molecule has 29 heavy (non-hydrogen) atoms. The van der Waals surface area contributed by atoms with E-state index in [4.69, 9.17) is 9.47 Å². The van der Waals surface area contributed by atoms with E-state index in [2.05, 4.69) is 29.6 Å². The number of piperidine rings is 1. The number of hydrogen-bond acceptors (Lipinski definition) is 3. The average molecular weight is 396 g/mol. The van der Waals surface area contributed by atoms with Gasteiger partial charge in [-0.15, -0.1) is 0 Å². The minimum Gasteiger partial charge on any atom is -0.497 e. The topological polar surface area (TPSA) is 52.0 Å². The van der Waals surface area contributed by atoms with Gasteiger partial charge in [0.05, 0.1) is 27.3 Å². The third kappa shape index (κ3) is 6.64. The Morgan fingerprint density at radius 1 is 0.966 bits per heavy atom. The van der Waals surface area contributed by atoms with E-state index >= 15 is 0 Å². The Kier molecular flexibility index (Phi) is 7.70. The fraction of sp³-hybridized carbons (Fsp3) is 0.375. The van der Waals surface area contributed by atoms with E-state index in [1.165, 1.54) is 44.0 Å². The van der Waals surface area contributed by atoms with Gasteiger partial charge in [-0.05, 0) is 48.6 Å². The van der Waals surface area contributed by atoms with Crippen LogP contribution in [0, 0.1) is 0 Å². The van der Waals surface area contributed by atoms with Crippen LogP contribution in [-0.4, -0.2) is 33.2 Å². The first kappa shape index (κ1) is 20.9. The molecule has 0 unspecified atom stereocenters. The van der Waals surface area contributed by atoms with Crippen molar-refractivity contribution >= 4 is 12.0 Å². The van der Waals surface area contributed by atoms with Gasteiger partial charge < -0.3 is 19.7 Å². The van der Waals surface area contributed by atoms with Crippen LogP contribution in [0.5, 0.6) is 11.5 Å². The smallest absolute Gasteiger partial charge is 0.244 e. The van der Waals surface area contributed by atoms with Crippen LogP contribution in [0.15, 0.2) is 48.5 Å². The van der Waals surface area contributed by atoms with Crippen molar-refractivity contribution in [3.63, 3.8) is 0 Å². The van der Waals surface area contributed by atoms with Gasteiger partial charge in [0.2, 0.25) is 5.91 Å². The zero-order valence-electron chi connectivity index (χ0n) is 17.4. The monoisotopic (exact) mass is 395 g/mol. The number of quaternary nitrogens is 1. The second-order valence-electron chi connectivity index (χ2n) is 7.50. The molecule has 1 fully saturated rings. The van der Waals surface area contributed by atoms with Gasteiger partial charge in [-0.1, -0.05) is 24.3 Å². The first-order chi connectivity index (χ1) is 14.2. The zero-order chi connectivity index (χ0) is 20.5. The molecule has 5 nitrogen and oxygen atoms in total. The van der Waals surface area contributed by atoms with E-state index in [-0.39, 0.29) is 5.91 Å². The van der Waals surface area contributed by atoms with Crippen molar-refractivity contribution in [1.82, 2.24) is 5.32 Å². The molecule has 0 atom stereocenters. The number of likely N-dealkylation sites (tertiary alicyclic amines) is 1. The van der Waals surface area contributed by atoms with Gasteiger partial charge in [0.15, 0.2) is 0 Å². The number of ether oxygens (including phenoxy) is 2. The Hall–Kier alpha value is -2.79. The number of methoxy groups -OCH3 is 2. The van der Waals surface area contributed by atoms with Crippen LogP contribution in [0.1, 0.15) is 36.0 Å². The Morgan fingerprint density at radius 3 is 2.21 bits per heavy atom. The van der Waals surface area contributed by atoms with E-state index in [1.54, 1.807) is 31.3 Å². The summed E-state index contributed by atoms with van der Waals surface area (Å²) in [5, 5.41) is 2.93. The van der Waals surface area contributed by atoms with Crippen molar-refractivity contribution in [3.05, 3.63) is 65.2 Å². The van der Waals surface area contributed by atoms with Crippen LogP contribution >= 0.6 is 0 Å². The third-order valence-electron chi connectivity index (χ3n) is 5.31. The Labute approximate surface area is 173 Å². The summed E-state index contributed by atoms with van der Waals surface area (Å²) in [6.45, 7) is 4.17. The lowest BCUT2D eigenvalue weighted by molar-refractivity contribution is -0.918. The maximum Gasteiger partial charge on any atom is 0.244 e. The van der Waals surface area contributed by atoms with E-state index in [9.17, 15) is 4.79 Å². The lowest BCUT2D eigenvalue weighted by Gasteiger charge is -2.23. The molecule has 1 saturated heterocycles. The first-order valence-electron chi connectivity index (χ1n) is 10.3. The molecule has 1 heterocycles. The second-order valence-corrected chi connectivity index (χ2v) is 7.50. The number of benzene rings is 2. The highest BCUT2D eigenvalue weighted by molar-refractivity contribution is 5.91. The van der Waals surface area contributed by atoms with Gasteiger partial charge in [-0.25, -0.2) is 0 Å². The third-order valence-corrected chi connectivity index (χ3v) is 5.31. The highest BCUT2D eigenvalue weighted by Crippen LogP contribution is 2.23. The predicted molar refractivity (Wildman–Crippen MR) is 115 cm³/mol. The molecule has 0 radical (unpaired) electrons. The molecule has 0 bridgehead atoms. The normalized spacial score (nSPS) is 14.7. The molecule has 5 heteroatoms. The van der Waals surface area contributed by atoms with Crippen LogP contribution in [0.3, 0.4) is 0 Å². The molecular formula is C24H31N2O3+. The van der Waals surface area contributed by atoms with Gasteiger partial charge in [0.25, 0.3) is 0 Å². The number of carbonyl (C=O) groups excluding carboxylic acids is 1. The van der Waals surface area contributed by atoms with Crippen LogP contribution < -0.4 is 19.7 Å². The van der Waals surface area contributed by atoms with Gasteiger partial charge in [-0.2, -0.15) is 0 Å². The number of nitrogens with one attached hydrogen (secondary N) is 2. The maximum atomic E-state index is 12.2. The van der Waals surface area contributed by atoms with Crippen molar-refractivity contribution in [2.45, 2.75) is 32.4 Å². The largest absolute Gasteiger partial charge is 0.497 e. The van der Waals surface area contributed by atoms with Gasteiger partial charge in [0.1, 0.15) is 18.0 Å². The summed E-state index contributed by atoms with van der Waals surface area (Å²) in [5.74, 6) is 1.25. The number of amides is 1. The standard InChI is InChI=1S/C24H30N2O3/c1-28-22-14-21(15-23(16-22)29-2)10-11-24(27)25-17-19-6-8-20(9-7-19)18-26-12-4-3-5-13-26/h6-11,14-16H,3-5,12-13,17-18H2,1-2H3,(H,25,27)/p+1/b11-10+. The molecule has 2 N–H and O–H groups in total. The summed E-state index contributed by atoms with van der Waals surface area (Å²) in [5.41, 5.74) is 3.32. The molecule has 0 aliphatic carbocycles. The van der Waals surface area contributed by atoms with Gasteiger partial charge in [0, 0.05) is 24.3 Å². The van der Waals surface area contributed by atoms with Crippen molar-refractivity contribution in [2.24, 2.45) is 0 Å². The van der Waals surface area contributed by atoms with Crippen molar-refractivity contribution < 1.29 is 19.2 Å². The van der Waals surface area contributed by atoms with Crippen molar-refractivity contribution in [2.75, 3.05) is 27.3 Å². The summed E-state index contributed by atoms with van der Waals surface area (Å²) in [4.78, 5) is 13.8. The number of hydrogen-bond donors (Lipinski definition) is 2. The molecule has 2 aromatic carbocycles. The Morgan fingerprint density at radius 2 is 1.59 bits per heavy atom. The van der Waals surface area contributed by atoms with Crippen LogP contribution in [0.2, 0.25) is 0 Å². The van der Waals surface area contributed by atoms with Crippen LogP contribution in [-0.2, 0) is 17.9 Å². The van der Waals surface area contributed by atoms with E-state index in [1.807, 2.05) is 12.1 Å². The van der Waals surface area contributed by atoms with E-state index in [0.29, 0.717) is 18.0 Å². The molecular weight excluding hydrogens is 364 g/mol. The lowest BCUT2D eigenvalue weighted by atomic mass is 10.1. The SMILES string of the molecule is COc1cc(/C=C/C(=O)NCc2ccc(C[NH+]3CCCCC3)cc2)cc(OC)c1. The van der Waals surface area contributed by atoms with E-state index < -0.39 is 0 Å². The van der Waals surface area contributed by atoms with Gasteiger partial charge >= 0.3 is 0 Å². The molecule has 0 aromatic heterocycles. The predicted octanol–water partition coefficient (Wildman–Crippen LogP) is 2.60. The summed E-state index contributed by atoms with van der Waals surface area (Å²) in [6.07, 6.45) is 7.35. The highest BCUT2D eigenvalue weighted by atomic mass is 16.5. The van der Waals surface area contributed by atoms with Crippen LogP contribution in [0.4, 0.5) is 0 Å². The van der Waals surface area contributed by atoms with E-state index in [0.717, 1.165) is 17.7 Å². The first-order valence-corrected chi connectivity index (χ1v) is 10.3. The fourth-order valence-corrected chi connectivity index (χ4v) is 3.64. The van der Waals surface area contributed by atoms with Crippen LogP contribution in [0.25, 0.3) is 6.08 Å². The Bertz CT molecular complexity index is 802. The zero-order valence-corrected chi connectivity index (χ0v) is 17.4. The second kappa shape index (κ2) is 10.7. The molecule has 1 aliphatic rings. The summed E-state index contributed by atoms with van der Waals surface area (Å²) in [6, 6.07) is 14.1. The molecule has 1 aliphatic heterocycles. The molecule has 2 aromatic rings. The molecule has 1 amide bonds. The fourth-order valence-electron chi connectivity index (χ4n) is 3.64. The maximum absolute atomic E-state index is 12.2. The summed E-state index contributed by atoms with van der Waals surface area (Å²) in [7, 11) is 3.21. The Balaban J connectivity index is 1.49. The highest BCUT2D eigenvalue weighted by Gasteiger charge is 2.13. The average Bonchev–Trinajstić information content (AvgIpc) is 2.77. The molecule has 0 spiro atoms. The minimum atomic E-state index is -0.131. The molecule has 0 saturated carbocycles. The summed E-state index contributed by atoms with van der Waals surface area (Å²) >= 11 is 0. The lowest BCUT2D eigenvalue weighted by Crippen LogP contribution is -3.11. The molecule has 154 valence electrons. The molecule has 3 rings (SSSR count). The van der Waals surface area contributed by atoms with Gasteiger partial charge in [-0.3, -0.25) is 4.79 Å². The van der Waals surface area contributed by atoms with Crippen molar-refractivity contribution in [3.8, 4) is 11.5 Å². The van der Waals surface area contributed by atoms with Crippen molar-refractivity contribution in [1.29, 1.82) is 0 Å². The quantitative estimate of drug-likeness (QED) is 0.676. The summed E-state index contributed by atoms with van der Waals surface area (Å²) < 4.78 is 10.5. The number of carbonyl (C=O) groups is 1. The number of rotatable bonds is 8.